The number of aromatic amines is 2. The molecule has 8 heteroatoms. The van der Waals surface area contributed by atoms with Gasteiger partial charge in [0.15, 0.2) is 0 Å². The number of nitrogens with one attached hydrogen (secondary N) is 2. The van der Waals surface area contributed by atoms with Crippen molar-refractivity contribution >= 4 is 33.1 Å². The average Bonchev–Trinajstić information content (AvgIpc) is 3.57. The molecule has 0 spiro atoms. The van der Waals surface area contributed by atoms with Gasteiger partial charge in [0, 0.05) is 34.3 Å². The van der Waals surface area contributed by atoms with Crippen molar-refractivity contribution in [1.29, 1.82) is 0 Å². The molecule has 0 saturated carbocycles. The quantitative estimate of drug-likeness (QED) is 0.401. The van der Waals surface area contributed by atoms with Crippen LogP contribution in [0.3, 0.4) is 0 Å². The molecule has 0 saturated heterocycles. The van der Waals surface area contributed by atoms with E-state index in [2.05, 4.69) is 53.0 Å². The lowest BCUT2D eigenvalue weighted by atomic mass is 10.1. The van der Waals surface area contributed by atoms with Crippen LogP contribution in [0.5, 0.6) is 5.75 Å². The molecular formula is C23H16N6OS. The number of rotatable bonds is 4. The first-order valence-corrected chi connectivity index (χ1v) is 10.6. The van der Waals surface area contributed by atoms with Gasteiger partial charge in [-0.3, -0.25) is 20.1 Å². The highest BCUT2D eigenvalue weighted by atomic mass is 32.1. The third-order valence-corrected chi connectivity index (χ3v) is 6.01. The van der Waals surface area contributed by atoms with Crippen LogP contribution in [0, 0.1) is 0 Å². The molecule has 6 aromatic rings. The Morgan fingerprint density at radius 2 is 1.84 bits per heavy atom. The molecule has 0 aliphatic rings. The van der Waals surface area contributed by atoms with Gasteiger partial charge >= 0.3 is 0 Å². The van der Waals surface area contributed by atoms with Crippen LogP contribution in [-0.2, 0) is 0 Å². The molecule has 0 bridgehead atoms. The van der Waals surface area contributed by atoms with Crippen molar-refractivity contribution in [3.63, 3.8) is 0 Å². The van der Waals surface area contributed by atoms with E-state index in [1.165, 1.54) is 0 Å². The standard InChI is InChI=1S/C23H16N6OS/c1-30-15-4-14(7-24-8-15)19-6-17-22(11-26-19)28-29-23(17)20-5-16-18(13-2-3-31-12-13)9-25-10-21(16)27-20/h2-12,27H,1H3,(H,28,29). The van der Waals surface area contributed by atoms with Crippen LogP contribution < -0.4 is 4.74 Å². The van der Waals surface area contributed by atoms with Gasteiger partial charge in [-0.1, -0.05) is 0 Å². The molecule has 0 radical (unpaired) electrons. The molecule has 2 N–H and O–H groups in total. The monoisotopic (exact) mass is 424 g/mol. The maximum atomic E-state index is 5.30. The summed E-state index contributed by atoms with van der Waals surface area (Å²) in [6, 6.07) is 8.18. The van der Waals surface area contributed by atoms with Gasteiger partial charge in [0.1, 0.15) is 11.4 Å². The predicted octanol–water partition coefficient (Wildman–Crippen LogP) is 5.30. The second-order valence-corrected chi connectivity index (χ2v) is 7.92. The molecule has 0 aliphatic heterocycles. The zero-order valence-electron chi connectivity index (χ0n) is 16.5. The summed E-state index contributed by atoms with van der Waals surface area (Å²) in [6.45, 7) is 0. The third-order valence-electron chi connectivity index (χ3n) is 5.32. The fraction of sp³-hybridized carbons (Fsp3) is 0.0435. The lowest BCUT2D eigenvalue weighted by molar-refractivity contribution is 0.413. The van der Waals surface area contributed by atoms with Crippen LogP contribution in [0.1, 0.15) is 0 Å². The van der Waals surface area contributed by atoms with E-state index in [4.69, 9.17) is 4.74 Å². The third kappa shape index (κ3) is 2.96. The van der Waals surface area contributed by atoms with E-state index in [0.29, 0.717) is 5.75 Å². The highest BCUT2D eigenvalue weighted by molar-refractivity contribution is 7.08. The summed E-state index contributed by atoms with van der Waals surface area (Å²) in [5, 5.41) is 14.0. The largest absolute Gasteiger partial charge is 0.495 e. The molecule has 0 amide bonds. The van der Waals surface area contributed by atoms with Gasteiger partial charge in [0.05, 0.1) is 48.1 Å². The van der Waals surface area contributed by atoms with Crippen LogP contribution in [0.25, 0.3) is 55.6 Å². The molecule has 0 aromatic carbocycles. The number of pyridine rings is 3. The predicted molar refractivity (Wildman–Crippen MR) is 122 cm³/mol. The summed E-state index contributed by atoms with van der Waals surface area (Å²) in [5.74, 6) is 0.691. The summed E-state index contributed by atoms with van der Waals surface area (Å²) < 4.78 is 5.30. The molecule has 6 aromatic heterocycles. The number of nitrogens with zero attached hydrogens (tertiary/aromatic N) is 4. The summed E-state index contributed by atoms with van der Waals surface area (Å²) in [7, 11) is 1.63. The number of ether oxygens (including phenoxy) is 1. The van der Waals surface area contributed by atoms with Crippen LogP contribution in [0.4, 0.5) is 0 Å². The molecule has 0 fully saturated rings. The minimum atomic E-state index is 0.691. The average molecular weight is 424 g/mol. The van der Waals surface area contributed by atoms with Crippen molar-refractivity contribution < 1.29 is 4.74 Å². The molecule has 31 heavy (non-hydrogen) atoms. The number of H-pyrrole nitrogens is 2. The Balaban J connectivity index is 1.50. The van der Waals surface area contributed by atoms with E-state index in [0.717, 1.165) is 55.6 Å². The topological polar surface area (TPSA) is 92.4 Å². The SMILES string of the molecule is COc1cncc(-c2cc3c(-c4cc5c(-c6ccsc6)cncc5[nH]4)n[nH]c3cn2)c1. The normalized spacial score (nSPS) is 11.4. The molecule has 150 valence electrons. The highest BCUT2D eigenvalue weighted by Gasteiger charge is 2.15. The Hall–Kier alpha value is -4.04. The lowest BCUT2D eigenvalue weighted by Gasteiger charge is -2.04. The lowest BCUT2D eigenvalue weighted by Crippen LogP contribution is -1.88. The van der Waals surface area contributed by atoms with Crippen LogP contribution >= 0.6 is 11.3 Å². The van der Waals surface area contributed by atoms with Gasteiger partial charge in [0.2, 0.25) is 0 Å². The molecule has 7 nitrogen and oxygen atoms in total. The van der Waals surface area contributed by atoms with Crippen molar-refractivity contribution in [2.24, 2.45) is 0 Å². The fourth-order valence-corrected chi connectivity index (χ4v) is 4.43. The zero-order chi connectivity index (χ0) is 20.8. The second kappa shape index (κ2) is 7.03. The Bertz CT molecular complexity index is 1530. The number of aromatic nitrogens is 6. The molecule has 0 aliphatic carbocycles. The van der Waals surface area contributed by atoms with E-state index >= 15 is 0 Å². The van der Waals surface area contributed by atoms with E-state index < -0.39 is 0 Å². The number of hydrogen-bond acceptors (Lipinski definition) is 6. The Morgan fingerprint density at radius 3 is 2.71 bits per heavy atom. The number of thiophene rings is 1. The van der Waals surface area contributed by atoms with Crippen LogP contribution in [0.2, 0.25) is 0 Å². The smallest absolute Gasteiger partial charge is 0.137 e. The van der Waals surface area contributed by atoms with E-state index in [-0.39, 0.29) is 0 Å². The van der Waals surface area contributed by atoms with Gasteiger partial charge in [-0.05, 0) is 40.6 Å². The van der Waals surface area contributed by atoms with Crippen molar-refractivity contribution in [3.05, 3.63) is 66.0 Å². The van der Waals surface area contributed by atoms with E-state index in [1.807, 2.05) is 24.5 Å². The Labute approximate surface area is 180 Å². The number of fused-ring (bicyclic) bond motifs is 2. The Kier molecular flexibility index (Phi) is 4.03. The first kappa shape index (κ1) is 17.8. The number of hydrogen-bond donors (Lipinski definition) is 2. The van der Waals surface area contributed by atoms with Crippen molar-refractivity contribution in [3.8, 4) is 39.5 Å². The van der Waals surface area contributed by atoms with E-state index in [1.54, 1.807) is 37.0 Å². The van der Waals surface area contributed by atoms with E-state index in [9.17, 15) is 0 Å². The van der Waals surface area contributed by atoms with Gasteiger partial charge < -0.3 is 9.72 Å². The molecule has 0 atom stereocenters. The fourth-order valence-electron chi connectivity index (χ4n) is 3.78. The summed E-state index contributed by atoms with van der Waals surface area (Å²) in [6.07, 6.45) is 9.00. The van der Waals surface area contributed by atoms with Crippen molar-refractivity contribution in [1.82, 2.24) is 30.1 Å². The minimum Gasteiger partial charge on any atom is -0.495 e. The Morgan fingerprint density at radius 1 is 0.903 bits per heavy atom. The first-order valence-electron chi connectivity index (χ1n) is 9.63. The van der Waals surface area contributed by atoms with Gasteiger partial charge in [-0.2, -0.15) is 16.4 Å². The summed E-state index contributed by atoms with van der Waals surface area (Å²) in [5.41, 5.74) is 7.55. The molecule has 6 heterocycles. The molecule has 6 rings (SSSR count). The molecule has 0 unspecified atom stereocenters. The maximum Gasteiger partial charge on any atom is 0.137 e. The minimum absolute atomic E-state index is 0.691. The van der Waals surface area contributed by atoms with Gasteiger partial charge in [-0.25, -0.2) is 0 Å². The summed E-state index contributed by atoms with van der Waals surface area (Å²) >= 11 is 1.68. The second-order valence-electron chi connectivity index (χ2n) is 7.14. The van der Waals surface area contributed by atoms with Crippen LogP contribution in [-0.4, -0.2) is 37.2 Å². The van der Waals surface area contributed by atoms with Crippen molar-refractivity contribution in [2.45, 2.75) is 0 Å². The van der Waals surface area contributed by atoms with Gasteiger partial charge in [0.25, 0.3) is 0 Å². The highest BCUT2D eigenvalue weighted by Crippen LogP contribution is 2.35. The molecular weight excluding hydrogens is 408 g/mol. The van der Waals surface area contributed by atoms with Gasteiger partial charge in [-0.15, -0.1) is 0 Å². The van der Waals surface area contributed by atoms with Crippen LogP contribution in [0.15, 0.2) is 66.0 Å². The maximum absolute atomic E-state index is 5.30. The first-order chi connectivity index (χ1) is 15.3. The zero-order valence-corrected chi connectivity index (χ0v) is 17.3. The summed E-state index contributed by atoms with van der Waals surface area (Å²) in [4.78, 5) is 16.7. The van der Waals surface area contributed by atoms with Crippen molar-refractivity contribution in [2.75, 3.05) is 7.11 Å². The number of methoxy groups -OCH3 is 1.